The Morgan fingerprint density at radius 1 is 1.33 bits per heavy atom. The highest BCUT2D eigenvalue weighted by molar-refractivity contribution is 5.76. The Bertz CT molecular complexity index is 301. The van der Waals surface area contributed by atoms with Crippen molar-refractivity contribution in [3.8, 4) is 0 Å². The molecule has 0 heterocycles. The number of carbonyl (C=O) groups is 2. The van der Waals surface area contributed by atoms with Gasteiger partial charge in [0.2, 0.25) is 0 Å². The van der Waals surface area contributed by atoms with E-state index < -0.39 is 5.97 Å². The lowest BCUT2D eigenvalue weighted by Gasteiger charge is -2.29. The molecule has 0 saturated heterocycles. The van der Waals surface area contributed by atoms with Crippen molar-refractivity contribution >= 4 is 12.0 Å². The van der Waals surface area contributed by atoms with Crippen LogP contribution in [0.5, 0.6) is 0 Å². The maximum Gasteiger partial charge on any atom is 0.318 e. The van der Waals surface area contributed by atoms with Crippen molar-refractivity contribution in [1.82, 2.24) is 10.2 Å². The van der Waals surface area contributed by atoms with Gasteiger partial charge in [0.1, 0.15) is 0 Å². The Kier molecular flexibility index (Phi) is 7.08. The predicted molar refractivity (Wildman–Crippen MR) is 71.4 cm³/mol. The van der Waals surface area contributed by atoms with Gasteiger partial charge in [-0.1, -0.05) is 19.9 Å². The first-order chi connectivity index (χ1) is 8.29. The lowest BCUT2D eigenvalue weighted by atomic mass is 10.0. The van der Waals surface area contributed by atoms with E-state index in [0.717, 1.165) is 0 Å². The third kappa shape index (κ3) is 5.70. The number of hydrogen-bond acceptors (Lipinski definition) is 2. The van der Waals surface area contributed by atoms with Gasteiger partial charge in [-0.3, -0.25) is 4.79 Å². The lowest BCUT2D eigenvalue weighted by Crippen LogP contribution is -2.49. The number of rotatable bonds is 7. The molecule has 5 heteroatoms. The maximum absolute atomic E-state index is 12.0. The molecule has 0 aliphatic heterocycles. The molecule has 0 aliphatic carbocycles. The minimum Gasteiger partial charge on any atom is -0.481 e. The van der Waals surface area contributed by atoms with E-state index in [-0.39, 0.29) is 30.5 Å². The zero-order valence-corrected chi connectivity index (χ0v) is 11.6. The minimum absolute atomic E-state index is 0.0423. The van der Waals surface area contributed by atoms with Gasteiger partial charge in [-0.15, -0.1) is 6.58 Å². The summed E-state index contributed by atoms with van der Waals surface area (Å²) in [6, 6.07) is -0.563. The van der Waals surface area contributed by atoms with Gasteiger partial charge < -0.3 is 15.3 Å². The second-order valence-corrected chi connectivity index (χ2v) is 4.93. The molecule has 0 radical (unpaired) electrons. The van der Waals surface area contributed by atoms with Crippen LogP contribution in [-0.2, 0) is 4.79 Å². The van der Waals surface area contributed by atoms with Gasteiger partial charge in [0.15, 0.2) is 0 Å². The Morgan fingerprint density at radius 2 is 1.89 bits per heavy atom. The van der Waals surface area contributed by atoms with Crippen LogP contribution in [0, 0.1) is 5.92 Å². The molecular weight excluding hydrogens is 232 g/mol. The number of nitrogens with zero attached hydrogens (tertiary/aromatic N) is 1. The lowest BCUT2D eigenvalue weighted by molar-refractivity contribution is -0.137. The number of urea groups is 1. The first-order valence-corrected chi connectivity index (χ1v) is 6.19. The van der Waals surface area contributed by atoms with Crippen molar-refractivity contribution in [3.63, 3.8) is 0 Å². The Hall–Kier alpha value is -1.52. The summed E-state index contributed by atoms with van der Waals surface area (Å²) >= 11 is 0. The van der Waals surface area contributed by atoms with Crippen molar-refractivity contribution < 1.29 is 14.7 Å². The van der Waals surface area contributed by atoms with Gasteiger partial charge in [-0.2, -0.15) is 0 Å². The summed E-state index contributed by atoms with van der Waals surface area (Å²) in [5, 5.41) is 11.6. The molecule has 1 unspecified atom stereocenters. The molecule has 5 nitrogen and oxygen atoms in total. The van der Waals surface area contributed by atoms with Crippen LogP contribution in [0.1, 0.15) is 34.1 Å². The molecule has 104 valence electrons. The summed E-state index contributed by atoms with van der Waals surface area (Å²) in [6.45, 7) is 11.7. The van der Waals surface area contributed by atoms with Crippen molar-refractivity contribution in [2.24, 2.45) is 5.92 Å². The Balaban J connectivity index is 4.64. The SMILES string of the molecule is C=CCN(C(=O)NC(CC(=O)O)C(C)C)C(C)C. The van der Waals surface area contributed by atoms with Crippen LogP contribution in [0.4, 0.5) is 4.79 Å². The third-order valence-corrected chi connectivity index (χ3v) is 2.72. The van der Waals surface area contributed by atoms with Gasteiger partial charge in [0.05, 0.1) is 6.42 Å². The summed E-state index contributed by atoms with van der Waals surface area (Å²) < 4.78 is 0. The predicted octanol–water partition coefficient (Wildman–Crippen LogP) is 2.09. The first-order valence-electron chi connectivity index (χ1n) is 6.19. The molecule has 18 heavy (non-hydrogen) atoms. The van der Waals surface area contributed by atoms with Gasteiger partial charge in [-0.05, 0) is 19.8 Å². The van der Waals surface area contributed by atoms with E-state index in [4.69, 9.17) is 5.11 Å². The Morgan fingerprint density at radius 3 is 2.22 bits per heavy atom. The van der Waals surface area contributed by atoms with Crippen LogP contribution in [0.2, 0.25) is 0 Å². The van der Waals surface area contributed by atoms with E-state index in [1.54, 1.807) is 11.0 Å². The third-order valence-electron chi connectivity index (χ3n) is 2.72. The number of carboxylic acid groups (broad SMARTS) is 1. The molecular formula is C13H24N2O3. The topological polar surface area (TPSA) is 69.6 Å². The highest BCUT2D eigenvalue weighted by Gasteiger charge is 2.23. The summed E-state index contributed by atoms with van der Waals surface area (Å²) in [6.07, 6.45) is 1.59. The monoisotopic (exact) mass is 256 g/mol. The largest absolute Gasteiger partial charge is 0.481 e. The quantitative estimate of drug-likeness (QED) is 0.685. The molecule has 0 spiro atoms. The van der Waals surface area contributed by atoms with E-state index in [9.17, 15) is 9.59 Å². The van der Waals surface area contributed by atoms with Crippen LogP contribution in [-0.4, -0.2) is 40.6 Å². The van der Waals surface area contributed by atoms with E-state index in [1.165, 1.54) is 0 Å². The molecule has 0 aromatic rings. The van der Waals surface area contributed by atoms with Crippen LogP contribution < -0.4 is 5.32 Å². The first kappa shape index (κ1) is 16.5. The fraction of sp³-hybridized carbons (Fsp3) is 0.692. The van der Waals surface area contributed by atoms with E-state index in [1.807, 2.05) is 27.7 Å². The van der Waals surface area contributed by atoms with Gasteiger partial charge >= 0.3 is 12.0 Å². The number of aliphatic carboxylic acids is 1. The highest BCUT2D eigenvalue weighted by atomic mass is 16.4. The summed E-state index contributed by atoms with van der Waals surface area (Å²) in [5.41, 5.74) is 0. The number of nitrogens with one attached hydrogen (secondary N) is 1. The molecule has 2 amide bonds. The molecule has 0 bridgehead atoms. The normalized spacial score (nSPS) is 12.3. The number of amides is 2. The average molecular weight is 256 g/mol. The molecule has 1 atom stereocenters. The molecule has 2 N–H and O–H groups in total. The number of carboxylic acids is 1. The maximum atomic E-state index is 12.0. The van der Waals surface area contributed by atoms with E-state index >= 15 is 0 Å². The summed E-state index contributed by atoms with van der Waals surface area (Å²) in [5.74, 6) is -0.836. The van der Waals surface area contributed by atoms with E-state index in [0.29, 0.717) is 6.54 Å². The summed E-state index contributed by atoms with van der Waals surface area (Å²) in [4.78, 5) is 24.4. The molecule has 0 saturated carbocycles. The van der Waals surface area contributed by atoms with E-state index in [2.05, 4.69) is 11.9 Å². The zero-order valence-electron chi connectivity index (χ0n) is 11.6. The van der Waals surface area contributed by atoms with Gasteiger partial charge in [-0.25, -0.2) is 4.79 Å². The molecule has 0 aromatic carbocycles. The van der Waals surface area contributed by atoms with Crippen molar-refractivity contribution in [3.05, 3.63) is 12.7 Å². The van der Waals surface area contributed by atoms with Crippen molar-refractivity contribution in [2.75, 3.05) is 6.54 Å². The minimum atomic E-state index is -0.909. The van der Waals surface area contributed by atoms with Crippen LogP contribution in [0.3, 0.4) is 0 Å². The Labute approximate surface area is 109 Å². The van der Waals surface area contributed by atoms with Crippen LogP contribution >= 0.6 is 0 Å². The van der Waals surface area contributed by atoms with Gasteiger partial charge in [0, 0.05) is 18.6 Å². The standard InChI is InChI=1S/C13H24N2O3/c1-6-7-15(10(4)5)13(18)14-11(9(2)3)8-12(16)17/h6,9-11H,1,7-8H2,2-5H3,(H,14,18)(H,16,17). The molecule has 0 aromatic heterocycles. The fourth-order valence-corrected chi connectivity index (χ4v) is 1.55. The van der Waals surface area contributed by atoms with Crippen molar-refractivity contribution in [1.29, 1.82) is 0 Å². The van der Waals surface area contributed by atoms with Crippen LogP contribution in [0.25, 0.3) is 0 Å². The van der Waals surface area contributed by atoms with Crippen molar-refractivity contribution in [2.45, 2.75) is 46.2 Å². The zero-order chi connectivity index (χ0) is 14.3. The second-order valence-electron chi connectivity index (χ2n) is 4.93. The number of carbonyl (C=O) groups excluding carboxylic acids is 1. The summed E-state index contributed by atoms with van der Waals surface area (Å²) in [7, 11) is 0. The fourth-order valence-electron chi connectivity index (χ4n) is 1.55. The molecule has 0 aliphatic rings. The van der Waals surface area contributed by atoms with Crippen LogP contribution in [0.15, 0.2) is 12.7 Å². The smallest absolute Gasteiger partial charge is 0.318 e. The van der Waals surface area contributed by atoms with Gasteiger partial charge in [0.25, 0.3) is 0 Å². The number of hydrogen-bond donors (Lipinski definition) is 2. The average Bonchev–Trinajstić information content (AvgIpc) is 2.23. The molecule has 0 fully saturated rings. The molecule has 0 rings (SSSR count). The second kappa shape index (κ2) is 7.74. The highest BCUT2D eigenvalue weighted by Crippen LogP contribution is 2.08.